The minimum absolute atomic E-state index is 0.419. The number of hydrogen-bond donors (Lipinski definition) is 1. The first-order chi connectivity index (χ1) is 11.3. The Bertz CT molecular complexity index is 616. The summed E-state index contributed by atoms with van der Waals surface area (Å²) in [6.07, 6.45) is 2.35. The number of rotatable bonds is 9. The number of halogens is 1. The molecule has 23 heavy (non-hydrogen) atoms. The topological polar surface area (TPSA) is 30.5 Å². The second-order valence-electron chi connectivity index (χ2n) is 5.36. The summed E-state index contributed by atoms with van der Waals surface area (Å²) >= 11 is 6.20. The average Bonchev–Trinajstić information content (AvgIpc) is 2.58. The van der Waals surface area contributed by atoms with Crippen molar-refractivity contribution < 1.29 is 9.47 Å². The highest BCUT2D eigenvalue weighted by Gasteiger charge is 2.11. The molecule has 0 atom stereocenters. The van der Waals surface area contributed by atoms with E-state index in [1.807, 2.05) is 36.4 Å². The third-order valence-corrected chi connectivity index (χ3v) is 4.00. The van der Waals surface area contributed by atoms with Gasteiger partial charge in [0.05, 0.1) is 7.11 Å². The molecule has 0 aliphatic carbocycles. The van der Waals surface area contributed by atoms with E-state index in [1.165, 1.54) is 12.8 Å². The summed E-state index contributed by atoms with van der Waals surface area (Å²) in [4.78, 5) is 0. The highest BCUT2D eigenvalue weighted by molar-refractivity contribution is 6.31. The van der Waals surface area contributed by atoms with Gasteiger partial charge in [-0.3, -0.25) is 0 Å². The van der Waals surface area contributed by atoms with Crippen molar-refractivity contribution in [1.82, 2.24) is 5.32 Å². The van der Waals surface area contributed by atoms with Gasteiger partial charge < -0.3 is 14.8 Å². The average molecular weight is 334 g/mol. The zero-order valence-electron chi connectivity index (χ0n) is 13.8. The summed E-state index contributed by atoms with van der Waals surface area (Å²) in [5, 5.41) is 4.16. The number of para-hydroxylation sites is 1. The summed E-state index contributed by atoms with van der Waals surface area (Å²) in [5.41, 5.74) is 2.05. The monoisotopic (exact) mass is 333 g/mol. The smallest absolute Gasteiger partial charge is 0.166 e. The molecule has 3 nitrogen and oxygen atoms in total. The zero-order valence-corrected chi connectivity index (χ0v) is 14.5. The van der Waals surface area contributed by atoms with Crippen LogP contribution in [0.1, 0.15) is 30.9 Å². The minimum atomic E-state index is 0.419. The third-order valence-electron chi connectivity index (χ3n) is 3.63. The molecule has 0 aliphatic rings. The van der Waals surface area contributed by atoms with Crippen molar-refractivity contribution in [3.05, 3.63) is 58.6 Å². The number of unbranched alkanes of at least 4 members (excludes halogenated alkanes) is 1. The summed E-state index contributed by atoms with van der Waals surface area (Å²) in [6.45, 7) is 4.36. The normalized spacial score (nSPS) is 10.6. The van der Waals surface area contributed by atoms with Crippen molar-refractivity contribution in [3.63, 3.8) is 0 Å². The van der Waals surface area contributed by atoms with Crippen LogP contribution in [0, 0.1) is 0 Å². The first kappa shape index (κ1) is 17.6. The highest BCUT2D eigenvalue weighted by atomic mass is 35.5. The van der Waals surface area contributed by atoms with Gasteiger partial charge >= 0.3 is 0 Å². The minimum Gasteiger partial charge on any atom is -0.493 e. The van der Waals surface area contributed by atoms with Gasteiger partial charge in [0.15, 0.2) is 11.5 Å². The molecule has 0 bridgehead atoms. The Labute approximate surface area is 143 Å². The van der Waals surface area contributed by atoms with Crippen LogP contribution >= 0.6 is 11.6 Å². The van der Waals surface area contributed by atoms with Crippen molar-refractivity contribution in [1.29, 1.82) is 0 Å². The van der Waals surface area contributed by atoms with Crippen LogP contribution < -0.4 is 14.8 Å². The number of hydrogen-bond acceptors (Lipinski definition) is 3. The van der Waals surface area contributed by atoms with E-state index in [1.54, 1.807) is 7.11 Å². The Balaban J connectivity index is 2.10. The molecule has 0 radical (unpaired) electrons. The quantitative estimate of drug-likeness (QED) is 0.667. The lowest BCUT2D eigenvalue weighted by atomic mass is 10.1. The molecule has 0 heterocycles. The molecule has 0 unspecified atom stereocenters. The molecule has 0 fully saturated rings. The van der Waals surface area contributed by atoms with Crippen LogP contribution in [0.15, 0.2) is 42.5 Å². The van der Waals surface area contributed by atoms with Gasteiger partial charge in [0.25, 0.3) is 0 Å². The molecule has 2 rings (SSSR count). The van der Waals surface area contributed by atoms with Gasteiger partial charge in [0.1, 0.15) is 6.61 Å². The second kappa shape index (κ2) is 9.43. The van der Waals surface area contributed by atoms with Crippen LogP contribution in [-0.2, 0) is 13.2 Å². The molecule has 124 valence electrons. The molecule has 0 aliphatic heterocycles. The number of nitrogens with one attached hydrogen (secondary N) is 1. The van der Waals surface area contributed by atoms with E-state index in [9.17, 15) is 0 Å². The van der Waals surface area contributed by atoms with Crippen LogP contribution in [0.4, 0.5) is 0 Å². The zero-order chi connectivity index (χ0) is 16.5. The summed E-state index contributed by atoms with van der Waals surface area (Å²) in [6, 6.07) is 13.7. The van der Waals surface area contributed by atoms with Gasteiger partial charge in [-0.1, -0.05) is 55.3 Å². The molecule has 1 N–H and O–H groups in total. The predicted octanol–water partition coefficient (Wildman–Crippen LogP) is 4.82. The Kier molecular flexibility index (Phi) is 7.24. The van der Waals surface area contributed by atoms with Crippen LogP contribution in [0.5, 0.6) is 11.5 Å². The first-order valence-corrected chi connectivity index (χ1v) is 8.36. The van der Waals surface area contributed by atoms with Gasteiger partial charge in [-0.25, -0.2) is 0 Å². The maximum Gasteiger partial charge on any atom is 0.166 e. The van der Waals surface area contributed by atoms with E-state index in [4.69, 9.17) is 21.1 Å². The number of benzene rings is 2. The second-order valence-corrected chi connectivity index (χ2v) is 5.77. The van der Waals surface area contributed by atoms with Crippen LogP contribution in [0.25, 0.3) is 0 Å². The van der Waals surface area contributed by atoms with Gasteiger partial charge in [0, 0.05) is 22.7 Å². The molecule has 0 aromatic heterocycles. The fourth-order valence-electron chi connectivity index (χ4n) is 2.32. The lowest BCUT2D eigenvalue weighted by Gasteiger charge is -2.16. The van der Waals surface area contributed by atoms with Crippen molar-refractivity contribution in [3.8, 4) is 11.5 Å². The van der Waals surface area contributed by atoms with Crippen LogP contribution in [0.2, 0.25) is 5.02 Å². The fraction of sp³-hybridized carbons (Fsp3) is 0.368. The van der Waals surface area contributed by atoms with Crippen molar-refractivity contribution >= 4 is 11.6 Å². The lowest BCUT2D eigenvalue weighted by molar-refractivity contribution is 0.280. The fourth-order valence-corrected chi connectivity index (χ4v) is 2.51. The molecule has 0 spiro atoms. The maximum atomic E-state index is 6.20. The van der Waals surface area contributed by atoms with Crippen molar-refractivity contribution in [2.45, 2.75) is 32.9 Å². The predicted molar refractivity (Wildman–Crippen MR) is 95.4 cm³/mol. The van der Waals surface area contributed by atoms with E-state index in [-0.39, 0.29) is 0 Å². The molecule has 0 saturated heterocycles. The number of ether oxygens (including phenoxy) is 2. The van der Waals surface area contributed by atoms with Gasteiger partial charge in [0.2, 0.25) is 0 Å². The summed E-state index contributed by atoms with van der Waals surface area (Å²) in [5.74, 6) is 1.52. The first-order valence-electron chi connectivity index (χ1n) is 7.99. The standard InChI is InChI=1S/C19H24ClNO2/c1-3-4-12-21-13-15-9-7-11-18(22-2)19(15)23-14-16-8-5-6-10-17(16)20/h5-11,21H,3-4,12-14H2,1-2H3. The molecule has 2 aromatic carbocycles. The van der Waals surface area contributed by atoms with Crippen LogP contribution in [0.3, 0.4) is 0 Å². The van der Waals surface area contributed by atoms with Crippen molar-refractivity contribution in [2.75, 3.05) is 13.7 Å². The lowest BCUT2D eigenvalue weighted by Crippen LogP contribution is -2.15. The molecule has 2 aromatic rings. The molecular weight excluding hydrogens is 310 g/mol. The molecule has 4 heteroatoms. The number of methoxy groups -OCH3 is 1. The molecular formula is C19H24ClNO2. The van der Waals surface area contributed by atoms with Gasteiger partial charge in [-0.05, 0) is 25.1 Å². The Hall–Kier alpha value is -1.71. The Morgan fingerprint density at radius 2 is 1.83 bits per heavy atom. The van der Waals surface area contributed by atoms with E-state index < -0.39 is 0 Å². The SMILES string of the molecule is CCCCNCc1cccc(OC)c1OCc1ccccc1Cl. The Morgan fingerprint density at radius 3 is 2.57 bits per heavy atom. The highest BCUT2D eigenvalue weighted by Crippen LogP contribution is 2.32. The van der Waals surface area contributed by atoms with E-state index in [2.05, 4.69) is 18.3 Å². The van der Waals surface area contributed by atoms with Gasteiger partial charge in [-0.2, -0.15) is 0 Å². The van der Waals surface area contributed by atoms with E-state index in [0.29, 0.717) is 11.6 Å². The van der Waals surface area contributed by atoms with Gasteiger partial charge in [-0.15, -0.1) is 0 Å². The summed E-state index contributed by atoms with van der Waals surface area (Å²) in [7, 11) is 1.66. The summed E-state index contributed by atoms with van der Waals surface area (Å²) < 4.78 is 11.5. The van der Waals surface area contributed by atoms with Crippen LogP contribution in [-0.4, -0.2) is 13.7 Å². The van der Waals surface area contributed by atoms with E-state index in [0.717, 1.165) is 35.7 Å². The molecule has 0 saturated carbocycles. The maximum absolute atomic E-state index is 6.20. The van der Waals surface area contributed by atoms with E-state index >= 15 is 0 Å². The third kappa shape index (κ3) is 5.15. The van der Waals surface area contributed by atoms with Crippen molar-refractivity contribution in [2.24, 2.45) is 0 Å². The largest absolute Gasteiger partial charge is 0.493 e. The molecule has 0 amide bonds. The Morgan fingerprint density at radius 1 is 1.04 bits per heavy atom.